The van der Waals surface area contributed by atoms with E-state index in [1.807, 2.05) is 6.07 Å². The van der Waals surface area contributed by atoms with E-state index in [4.69, 9.17) is 15.4 Å². The average Bonchev–Trinajstić information content (AvgIpc) is 2.91. The number of benzene rings is 2. The zero-order chi connectivity index (χ0) is 12.4. The maximum atomic E-state index is 6.01. The molecule has 0 N–H and O–H groups in total. The van der Waals surface area contributed by atoms with Crippen LogP contribution in [0.4, 0.5) is 0 Å². The molecule has 3 rings (SSSR count). The van der Waals surface area contributed by atoms with Crippen LogP contribution in [0.1, 0.15) is 25.7 Å². The molecule has 0 radical (unpaired) electrons. The predicted octanol–water partition coefficient (Wildman–Crippen LogP) is 5.41. The summed E-state index contributed by atoms with van der Waals surface area (Å²) >= 11 is 0. The fraction of sp³-hybridized carbons (Fsp3) is 0.333. The van der Waals surface area contributed by atoms with Crippen LogP contribution in [0.25, 0.3) is 10.8 Å². The lowest BCUT2D eigenvalue weighted by atomic mass is 10.1. The summed E-state index contributed by atoms with van der Waals surface area (Å²) in [5.41, 5.74) is 0. The second-order valence-corrected chi connectivity index (χ2v) is 5.86. The zero-order valence-electron chi connectivity index (χ0n) is 10.1. The minimum absolute atomic E-state index is 0.417. The van der Waals surface area contributed by atoms with Crippen LogP contribution in [0.2, 0.25) is 0 Å². The molecule has 2 aromatic rings. The van der Waals surface area contributed by atoms with Crippen LogP contribution in [0.5, 0.6) is 5.75 Å². The molecule has 2 aromatic carbocycles. The minimum Gasteiger partial charge on any atom is -0.490 e. The van der Waals surface area contributed by atoms with Gasteiger partial charge in [-0.3, -0.25) is 0 Å². The van der Waals surface area contributed by atoms with Crippen molar-refractivity contribution in [2.75, 3.05) is 0 Å². The lowest BCUT2D eigenvalue weighted by Gasteiger charge is -2.13. The summed E-state index contributed by atoms with van der Waals surface area (Å²) in [7, 11) is 7.02. The lowest BCUT2D eigenvalue weighted by molar-refractivity contribution is 0.210. The summed E-state index contributed by atoms with van der Waals surface area (Å²) in [4.78, 5) is 1.08. The molecule has 1 saturated carbocycles. The highest BCUT2D eigenvalue weighted by Gasteiger charge is 2.16. The Labute approximate surface area is 116 Å². The first-order valence-corrected chi connectivity index (χ1v) is 7.98. The topological polar surface area (TPSA) is 9.23 Å². The van der Waals surface area contributed by atoms with E-state index in [1.165, 1.54) is 47.4 Å². The molecule has 1 aliphatic rings. The van der Waals surface area contributed by atoms with Crippen molar-refractivity contribution < 1.29 is 4.74 Å². The molecule has 0 unspecified atom stereocenters. The van der Waals surface area contributed by atoms with Gasteiger partial charge in [0.05, 0.1) is 6.10 Å². The highest BCUT2D eigenvalue weighted by Crippen LogP contribution is 2.30. The SMILES string of the molecule is ClSc1ccc2cc(OC3CCCC3)ccc2c1. The van der Waals surface area contributed by atoms with Crippen molar-refractivity contribution in [1.82, 2.24) is 0 Å². The summed E-state index contributed by atoms with van der Waals surface area (Å²) < 4.78 is 6.01. The van der Waals surface area contributed by atoms with Crippen molar-refractivity contribution >= 4 is 32.4 Å². The summed E-state index contributed by atoms with van der Waals surface area (Å²) in [5, 5.41) is 2.42. The molecule has 18 heavy (non-hydrogen) atoms. The fourth-order valence-corrected chi connectivity index (χ4v) is 3.10. The van der Waals surface area contributed by atoms with Gasteiger partial charge in [0, 0.05) is 4.90 Å². The van der Waals surface area contributed by atoms with E-state index in [1.54, 1.807) is 0 Å². The van der Waals surface area contributed by atoms with Crippen molar-refractivity contribution in [2.24, 2.45) is 0 Å². The van der Waals surface area contributed by atoms with E-state index < -0.39 is 0 Å². The van der Waals surface area contributed by atoms with E-state index >= 15 is 0 Å². The van der Waals surface area contributed by atoms with Crippen molar-refractivity contribution in [3.8, 4) is 5.75 Å². The fourth-order valence-electron chi connectivity index (χ4n) is 2.52. The quantitative estimate of drug-likeness (QED) is 0.743. The van der Waals surface area contributed by atoms with Gasteiger partial charge in [0.15, 0.2) is 0 Å². The lowest BCUT2D eigenvalue weighted by Crippen LogP contribution is -2.10. The Morgan fingerprint density at radius 3 is 2.50 bits per heavy atom. The van der Waals surface area contributed by atoms with Crippen molar-refractivity contribution in [2.45, 2.75) is 36.7 Å². The first-order chi connectivity index (χ1) is 8.85. The first kappa shape index (κ1) is 12.2. The van der Waals surface area contributed by atoms with Crippen LogP contribution in [0, 0.1) is 0 Å². The average molecular weight is 279 g/mol. The Bertz CT molecular complexity index is 549. The largest absolute Gasteiger partial charge is 0.490 e. The monoisotopic (exact) mass is 278 g/mol. The van der Waals surface area contributed by atoms with Gasteiger partial charge in [-0.25, -0.2) is 0 Å². The maximum absolute atomic E-state index is 6.01. The summed E-state index contributed by atoms with van der Waals surface area (Å²) in [5.74, 6) is 0.987. The standard InChI is InChI=1S/C15H15ClOS/c16-18-15-8-6-11-9-14(7-5-12(11)10-15)17-13-3-1-2-4-13/h5-10,13H,1-4H2. The van der Waals surface area contributed by atoms with Crippen LogP contribution in [-0.4, -0.2) is 6.10 Å². The number of ether oxygens (including phenoxy) is 1. The number of hydrogen-bond acceptors (Lipinski definition) is 2. The molecule has 1 fully saturated rings. The molecule has 1 nitrogen and oxygen atoms in total. The van der Waals surface area contributed by atoms with E-state index in [-0.39, 0.29) is 0 Å². The second kappa shape index (κ2) is 5.41. The van der Waals surface area contributed by atoms with Gasteiger partial charge in [-0.2, -0.15) is 0 Å². The van der Waals surface area contributed by atoms with Crippen molar-refractivity contribution in [3.05, 3.63) is 36.4 Å². The van der Waals surface area contributed by atoms with Crippen LogP contribution in [-0.2, 0) is 0 Å². The molecule has 0 saturated heterocycles. The van der Waals surface area contributed by atoms with E-state index in [9.17, 15) is 0 Å². The van der Waals surface area contributed by atoms with Gasteiger partial charge in [-0.15, -0.1) is 0 Å². The maximum Gasteiger partial charge on any atom is 0.120 e. The third-order valence-corrected chi connectivity index (χ3v) is 4.44. The number of halogens is 1. The van der Waals surface area contributed by atoms with Crippen molar-refractivity contribution in [3.63, 3.8) is 0 Å². The predicted molar refractivity (Wildman–Crippen MR) is 78.5 cm³/mol. The summed E-state index contributed by atoms with van der Waals surface area (Å²) in [6, 6.07) is 12.5. The molecule has 3 heteroatoms. The third-order valence-electron chi connectivity index (χ3n) is 3.48. The molecule has 0 aliphatic heterocycles. The van der Waals surface area contributed by atoms with Gasteiger partial charge in [0.1, 0.15) is 5.75 Å². The molecule has 0 amide bonds. The molecule has 0 heterocycles. The minimum atomic E-state index is 0.417. The van der Waals surface area contributed by atoms with Gasteiger partial charge in [-0.1, -0.05) is 12.1 Å². The molecule has 0 bridgehead atoms. The van der Waals surface area contributed by atoms with Crippen LogP contribution in [0.15, 0.2) is 41.3 Å². The van der Waals surface area contributed by atoms with Crippen molar-refractivity contribution in [1.29, 1.82) is 0 Å². The number of fused-ring (bicyclic) bond motifs is 1. The van der Waals surface area contributed by atoms with E-state index in [0.29, 0.717) is 6.10 Å². The highest BCUT2D eigenvalue weighted by atomic mass is 35.7. The Kier molecular flexibility index (Phi) is 3.67. The molecular weight excluding hydrogens is 264 g/mol. The zero-order valence-corrected chi connectivity index (χ0v) is 11.6. The number of hydrogen-bond donors (Lipinski definition) is 0. The Morgan fingerprint density at radius 1 is 1.00 bits per heavy atom. The Hall–Kier alpha value is -0.860. The first-order valence-electron chi connectivity index (χ1n) is 6.34. The molecule has 94 valence electrons. The summed E-state index contributed by atoms with van der Waals surface area (Å²) in [6.07, 6.45) is 5.41. The van der Waals surface area contributed by atoms with Gasteiger partial charge in [0.25, 0.3) is 0 Å². The molecule has 0 spiro atoms. The smallest absolute Gasteiger partial charge is 0.120 e. The molecular formula is C15H15ClOS. The van der Waals surface area contributed by atoms with Crippen LogP contribution >= 0.6 is 21.7 Å². The van der Waals surface area contributed by atoms with Crippen LogP contribution in [0.3, 0.4) is 0 Å². The normalized spacial score (nSPS) is 16.3. The summed E-state index contributed by atoms with van der Waals surface area (Å²) in [6.45, 7) is 0. The van der Waals surface area contributed by atoms with Crippen LogP contribution < -0.4 is 4.74 Å². The van der Waals surface area contributed by atoms with Gasteiger partial charge >= 0.3 is 0 Å². The third kappa shape index (κ3) is 2.60. The number of rotatable bonds is 3. The van der Waals surface area contributed by atoms with Gasteiger partial charge in [-0.05, 0) is 82.4 Å². The second-order valence-electron chi connectivity index (χ2n) is 4.77. The van der Waals surface area contributed by atoms with Gasteiger partial charge < -0.3 is 4.74 Å². The highest BCUT2D eigenvalue weighted by molar-refractivity contribution is 8.21. The van der Waals surface area contributed by atoms with Gasteiger partial charge in [0.2, 0.25) is 0 Å². The van der Waals surface area contributed by atoms with E-state index in [0.717, 1.165) is 10.6 Å². The molecule has 0 aromatic heterocycles. The molecule has 0 atom stereocenters. The van der Waals surface area contributed by atoms with E-state index in [2.05, 4.69) is 30.3 Å². The molecule has 1 aliphatic carbocycles. The Morgan fingerprint density at radius 2 is 1.72 bits per heavy atom. The Balaban J connectivity index is 1.86.